The molecule has 9 heteroatoms. The molecule has 33 heavy (non-hydrogen) atoms. The van der Waals surface area contributed by atoms with E-state index in [2.05, 4.69) is 26.1 Å². The van der Waals surface area contributed by atoms with E-state index in [0.29, 0.717) is 5.92 Å². The van der Waals surface area contributed by atoms with E-state index in [1.807, 2.05) is 0 Å². The van der Waals surface area contributed by atoms with Crippen molar-refractivity contribution >= 4 is 33.1 Å². The number of rotatable bonds is 3. The van der Waals surface area contributed by atoms with E-state index < -0.39 is 32.3 Å². The van der Waals surface area contributed by atoms with Crippen LogP contribution in [0.1, 0.15) is 78.3 Å². The summed E-state index contributed by atoms with van der Waals surface area (Å²) in [5.41, 5.74) is 6.10. The van der Waals surface area contributed by atoms with Gasteiger partial charge < -0.3 is 15.6 Å². The van der Waals surface area contributed by atoms with Crippen LogP contribution >= 0.6 is 0 Å². The molecule has 3 N–H and O–H groups in total. The van der Waals surface area contributed by atoms with Gasteiger partial charge in [-0.1, -0.05) is 45.0 Å². The number of hydrogen-bond donors (Lipinski definition) is 2. The summed E-state index contributed by atoms with van der Waals surface area (Å²) in [6, 6.07) is 7.44. The molecule has 0 bridgehead atoms. The molecular formula is C24H27N2NaO5S. The molecule has 2 aliphatic carbocycles. The van der Waals surface area contributed by atoms with Crippen molar-refractivity contribution in [3.8, 4) is 0 Å². The molecule has 2 aromatic rings. The Hall–Kier alpha value is -1.71. The zero-order valence-electron chi connectivity index (χ0n) is 19.4. The maximum absolute atomic E-state index is 13.3. The average molecular weight is 479 g/mol. The smallest absolute Gasteiger partial charge is 0.744 e. The Morgan fingerprint density at radius 2 is 1.48 bits per heavy atom. The summed E-state index contributed by atoms with van der Waals surface area (Å²) in [4.78, 5) is 25.9. The second kappa shape index (κ2) is 9.15. The van der Waals surface area contributed by atoms with Crippen LogP contribution in [0.15, 0.2) is 35.2 Å². The monoisotopic (exact) mass is 478 g/mol. The summed E-state index contributed by atoms with van der Waals surface area (Å²) in [6.45, 7) is 6.65. The maximum atomic E-state index is 13.3. The second-order valence-electron chi connectivity index (χ2n) is 9.80. The number of nitrogens with two attached hydrogens (primary N) is 1. The fourth-order valence-corrected chi connectivity index (χ4v) is 5.57. The molecule has 2 aliphatic rings. The first-order chi connectivity index (χ1) is 14.9. The molecule has 1 saturated carbocycles. The normalized spacial score (nSPS) is 20.5. The van der Waals surface area contributed by atoms with Gasteiger partial charge in [-0.25, -0.2) is 8.42 Å². The number of anilines is 2. The molecule has 0 aliphatic heterocycles. The molecule has 0 spiro atoms. The van der Waals surface area contributed by atoms with Crippen LogP contribution in [0.5, 0.6) is 0 Å². The fraction of sp³-hybridized carbons (Fsp3) is 0.417. The van der Waals surface area contributed by atoms with Gasteiger partial charge in [-0.2, -0.15) is 0 Å². The van der Waals surface area contributed by atoms with E-state index >= 15 is 0 Å². The number of benzene rings is 2. The third-order valence-electron chi connectivity index (χ3n) is 6.78. The molecule has 0 aromatic heterocycles. The zero-order valence-corrected chi connectivity index (χ0v) is 22.2. The predicted octanol–water partition coefficient (Wildman–Crippen LogP) is 0.969. The van der Waals surface area contributed by atoms with Crippen molar-refractivity contribution in [2.75, 3.05) is 11.1 Å². The van der Waals surface area contributed by atoms with Crippen molar-refractivity contribution in [2.24, 2.45) is 11.3 Å². The molecule has 170 valence electrons. The van der Waals surface area contributed by atoms with Gasteiger partial charge in [0, 0.05) is 22.9 Å². The number of nitrogens with one attached hydrogen (secondary N) is 1. The summed E-state index contributed by atoms with van der Waals surface area (Å²) in [6.07, 6.45) is 3.64. The van der Waals surface area contributed by atoms with Gasteiger partial charge in [0.05, 0.1) is 21.7 Å². The third-order valence-corrected chi connectivity index (χ3v) is 7.66. The van der Waals surface area contributed by atoms with Crippen LogP contribution in [-0.2, 0) is 10.1 Å². The molecule has 0 saturated heterocycles. The van der Waals surface area contributed by atoms with Crippen LogP contribution in [0.3, 0.4) is 0 Å². The second-order valence-corrected chi connectivity index (χ2v) is 11.2. The largest absolute Gasteiger partial charge is 1.00 e. The minimum absolute atomic E-state index is 0. The van der Waals surface area contributed by atoms with E-state index in [-0.39, 0.29) is 69.0 Å². The predicted molar refractivity (Wildman–Crippen MR) is 121 cm³/mol. The van der Waals surface area contributed by atoms with Gasteiger partial charge >= 0.3 is 29.6 Å². The molecule has 0 heterocycles. The van der Waals surface area contributed by atoms with Gasteiger partial charge in [0.1, 0.15) is 10.1 Å². The van der Waals surface area contributed by atoms with Crippen LogP contribution in [0.25, 0.3) is 0 Å². The third kappa shape index (κ3) is 4.77. The number of carbonyl (C=O) groups excluding carboxylic acids is 2. The quantitative estimate of drug-likeness (QED) is 0.326. The van der Waals surface area contributed by atoms with Gasteiger partial charge in [-0.05, 0) is 43.1 Å². The van der Waals surface area contributed by atoms with Crippen molar-refractivity contribution in [3.63, 3.8) is 0 Å². The van der Waals surface area contributed by atoms with Crippen LogP contribution in [0.2, 0.25) is 0 Å². The Morgan fingerprint density at radius 1 is 0.970 bits per heavy atom. The topological polar surface area (TPSA) is 129 Å². The van der Waals surface area contributed by atoms with Crippen LogP contribution in [0.4, 0.5) is 11.4 Å². The molecule has 0 unspecified atom stereocenters. The van der Waals surface area contributed by atoms with Crippen molar-refractivity contribution in [1.29, 1.82) is 0 Å². The number of ketones is 2. The Bertz CT molecular complexity index is 1230. The first kappa shape index (κ1) is 25.9. The summed E-state index contributed by atoms with van der Waals surface area (Å²) < 4.78 is 35.7. The fourth-order valence-electron chi connectivity index (χ4n) is 4.94. The van der Waals surface area contributed by atoms with Crippen LogP contribution < -0.4 is 40.6 Å². The first-order valence-corrected chi connectivity index (χ1v) is 12.2. The van der Waals surface area contributed by atoms with E-state index in [0.717, 1.165) is 31.7 Å². The number of carbonyl (C=O) groups is 2. The van der Waals surface area contributed by atoms with E-state index in [9.17, 15) is 22.6 Å². The van der Waals surface area contributed by atoms with Crippen molar-refractivity contribution in [2.45, 2.75) is 57.4 Å². The average Bonchev–Trinajstić information content (AvgIpc) is 2.72. The molecular weight excluding hydrogens is 451 g/mol. The minimum atomic E-state index is -4.96. The standard InChI is InChI=1S/C24H28N2O5S.Na/c1-24(2,3)13-8-10-14(11-9-13)26-17-12-18(32(29,30)31)21(25)20-19(17)22(27)15-6-4-5-7-16(15)23(20)28;/h4-7,12-14,26H,8-11,25H2,1-3H3,(H,29,30,31);/q;+1/p-1. The molecule has 0 amide bonds. The summed E-state index contributed by atoms with van der Waals surface area (Å²) >= 11 is 0. The zero-order chi connectivity index (χ0) is 23.4. The number of nitrogen functional groups attached to an aromatic ring is 1. The van der Waals surface area contributed by atoms with Crippen molar-refractivity contribution < 1.29 is 52.1 Å². The van der Waals surface area contributed by atoms with Crippen LogP contribution in [0, 0.1) is 11.3 Å². The van der Waals surface area contributed by atoms with E-state index in [4.69, 9.17) is 5.73 Å². The van der Waals surface area contributed by atoms with Gasteiger partial charge in [-0.3, -0.25) is 9.59 Å². The maximum Gasteiger partial charge on any atom is 1.00 e. The molecule has 2 aromatic carbocycles. The molecule has 0 atom stereocenters. The number of fused-ring (bicyclic) bond motifs is 2. The number of hydrogen-bond acceptors (Lipinski definition) is 7. The van der Waals surface area contributed by atoms with Gasteiger partial charge in [0.2, 0.25) is 0 Å². The molecule has 0 radical (unpaired) electrons. The van der Waals surface area contributed by atoms with Gasteiger partial charge in [-0.15, -0.1) is 0 Å². The molecule has 7 nitrogen and oxygen atoms in total. The van der Waals surface area contributed by atoms with Crippen molar-refractivity contribution in [3.05, 3.63) is 52.6 Å². The summed E-state index contributed by atoms with van der Waals surface area (Å²) in [7, 11) is -4.96. The van der Waals surface area contributed by atoms with E-state index in [1.54, 1.807) is 18.2 Å². The van der Waals surface area contributed by atoms with Gasteiger partial charge in [0.25, 0.3) is 0 Å². The summed E-state index contributed by atoms with van der Waals surface area (Å²) in [5, 5.41) is 3.27. The minimum Gasteiger partial charge on any atom is -0.744 e. The SMILES string of the molecule is CC(C)(C)C1CCC(Nc2cc(S(=O)(=O)[O-])c(N)c3c2C(=O)c2ccccc2C3=O)CC1.[Na+]. The molecule has 4 rings (SSSR count). The molecule has 1 fully saturated rings. The van der Waals surface area contributed by atoms with Crippen molar-refractivity contribution in [1.82, 2.24) is 0 Å². The Labute approximate surface area is 216 Å². The van der Waals surface area contributed by atoms with E-state index in [1.165, 1.54) is 6.07 Å². The summed E-state index contributed by atoms with van der Waals surface area (Å²) in [5.74, 6) is -0.408. The Kier molecular flexibility index (Phi) is 7.18. The first-order valence-electron chi connectivity index (χ1n) is 10.8. The van der Waals surface area contributed by atoms with Crippen LogP contribution in [-0.4, -0.2) is 30.6 Å². The van der Waals surface area contributed by atoms with Gasteiger partial charge in [0.15, 0.2) is 11.6 Å². The Balaban J connectivity index is 0.00000306. The Morgan fingerprint density at radius 3 is 1.97 bits per heavy atom.